The highest BCUT2D eigenvalue weighted by Crippen LogP contribution is 2.31. The number of hydrogen-bond donors (Lipinski definition) is 2. The molecule has 6 heteroatoms. The first-order chi connectivity index (χ1) is 13.2. The minimum absolute atomic E-state index is 0.0153. The number of H-pyrrole nitrogens is 1. The van der Waals surface area contributed by atoms with Crippen molar-refractivity contribution in [3.05, 3.63) is 35.8 Å². The molecule has 0 radical (unpaired) electrons. The Morgan fingerprint density at radius 3 is 2.85 bits per heavy atom. The second kappa shape index (κ2) is 8.23. The fourth-order valence-electron chi connectivity index (χ4n) is 3.95. The Labute approximate surface area is 163 Å². The summed E-state index contributed by atoms with van der Waals surface area (Å²) in [5, 5.41) is 6.78. The summed E-state index contributed by atoms with van der Waals surface area (Å²) in [4.78, 5) is 22.6. The molecule has 4 rings (SSSR count). The smallest absolute Gasteiger partial charge is 0.240 e. The van der Waals surface area contributed by atoms with Crippen molar-refractivity contribution in [1.29, 1.82) is 0 Å². The predicted molar refractivity (Wildman–Crippen MR) is 112 cm³/mol. The third-order valence-electron chi connectivity index (χ3n) is 5.46. The standard InChI is InChI=1S/C21H26N4OS/c1-25(15-8-4-2-3-5-9-15)13-20(26)24-21-23-19(14-27-21)17-12-22-18-11-7-6-10-16(17)18/h6-7,10-12,14-15,22H,2-5,8-9,13H2,1H3,(H,23,24,26). The SMILES string of the molecule is CN(CC(=O)Nc1nc(-c2c[nH]c3ccccc23)cs1)C1CCCCCC1. The van der Waals surface area contributed by atoms with Crippen molar-refractivity contribution < 1.29 is 4.79 Å². The second-order valence-electron chi connectivity index (χ2n) is 7.39. The normalized spacial score (nSPS) is 15.9. The third kappa shape index (κ3) is 4.22. The molecular weight excluding hydrogens is 356 g/mol. The van der Waals surface area contributed by atoms with Crippen molar-refractivity contribution in [3.8, 4) is 11.3 Å². The van der Waals surface area contributed by atoms with Gasteiger partial charge in [0.05, 0.1) is 12.2 Å². The zero-order valence-electron chi connectivity index (χ0n) is 15.7. The van der Waals surface area contributed by atoms with Gasteiger partial charge >= 0.3 is 0 Å². The van der Waals surface area contributed by atoms with Crippen molar-refractivity contribution in [2.45, 2.75) is 44.6 Å². The number of para-hydroxylation sites is 1. The van der Waals surface area contributed by atoms with Gasteiger partial charge in [-0.15, -0.1) is 11.3 Å². The number of aromatic nitrogens is 2. The van der Waals surface area contributed by atoms with Crippen molar-refractivity contribution in [2.24, 2.45) is 0 Å². The van der Waals surface area contributed by atoms with E-state index in [0.717, 1.165) is 22.2 Å². The fourth-order valence-corrected chi connectivity index (χ4v) is 4.68. The Morgan fingerprint density at radius 1 is 1.26 bits per heavy atom. The molecule has 1 saturated carbocycles. The van der Waals surface area contributed by atoms with Crippen molar-refractivity contribution in [3.63, 3.8) is 0 Å². The van der Waals surface area contributed by atoms with Gasteiger partial charge in [0.1, 0.15) is 0 Å². The molecule has 0 unspecified atom stereocenters. The number of aromatic amines is 1. The maximum atomic E-state index is 12.5. The van der Waals surface area contributed by atoms with Crippen LogP contribution >= 0.6 is 11.3 Å². The third-order valence-corrected chi connectivity index (χ3v) is 6.21. The van der Waals surface area contributed by atoms with Gasteiger partial charge in [0.15, 0.2) is 5.13 Å². The molecule has 3 aromatic rings. The van der Waals surface area contributed by atoms with Crippen molar-refractivity contribution >= 4 is 33.3 Å². The first-order valence-corrected chi connectivity index (χ1v) is 10.6. The molecule has 2 heterocycles. The number of anilines is 1. The highest BCUT2D eigenvalue weighted by Gasteiger charge is 2.19. The lowest BCUT2D eigenvalue weighted by Gasteiger charge is -2.26. The molecule has 2 aromatic heterocycles. The molecule has 0 spiro atoms. The number of carbonyl (C=O) groups is 1. The maximum Gasteiger partial charge on any atom is 0.240 e. The lowest BCUT2D eigenvalue weighted by molar-refractivity contribution is -0.117. The van der Waals surface area contributed by atoms with Crippen LogP contribution in [0, 0.1) is 0 Å². The van der Waals surface area contributed by atoms with Gasteiger partial charge in [-0.25, -0.2) is 4.98 Å². The fraction of sp³-hybridized carbons (Fsp3) is 0.429. The van der Waals surface area contributed by atoms with Crippen molar-refractivity contribution in [1.82, 2.24) is 14.9 Å². The summed E-state index contributed by atoms with van der Waals surface area (Å²) in [5.74, 6) is 0.0153. The van der Waals surface area contributed by atoms with E-state index in [2.05, 4.69) is 39.4 Å². The molecule has 142 valence electrons. The lowest BCUT2D eigenvalue weighted by Crippen LogP contribution is -2.37. The lowest BCUT2D eigenvalue weighted by atomic mass is 10.1. The van der Waals surface area contributed by atoms with Crippen LogP contribution in [0.25, 0.3) is 22.2 Å². The van der Waals surface area contributed by atoms with Crippen LogP contribution < -0.4 is 5.32 Å². The number of benzene rings is 1. The van der Waals surface area contributed by atoms with E-state index in [-0.39, 0.29) is 5.91 Å². The number of thiazole rings is 1. The maximum absolute atomic E-state index is 12.5. The van der Waals surface area contributed by atoms with E-state index < -0.39 is 0 Å². The number of nitrogens with zero attached hydrogens (tertiary/aromatic N) is 2. The van der Waals surface area contributed by atoms with Crippen LogP contribution in [0.1, 0.15) is 38.5 Å². The Bertz CT molecular complexity index is 908. The topological polar surface area (TPSA) is 61.0 Å². The number of hydrogen-bond acceptors (Lipinski definition) is 4. The average molecular weight is 383 g/mol. The van der Waals surface area contributed by atoms with Gasteiger partial charge in [-0.3, -0.25) is 9.69 Å². The van der Waals surface area contributed by atoms with Crippen LogP contribution in [-0.2, 0) is 4.79 Å². The van der Waals surface area contributed by atoms with Gasteiger partial charge in [0, 0.05) is 34.1 Å². The molecule has 1 aliphatic carbocycles. The highest BCUT2D eigenvalue weighted by atomic mass is 32.1. The van der Waals surface area contributed by atoms with Crippen LogP contribution in [0.5, 0.6) is 0 Å². The van der Waals surface area contributed by atoms with Gasteiger partial charge in [-0.05, 0) is 26.0 Å². The zero-order valence-corrected chi connectivity index (χ0v) is 16.5. The van der Waals surface area contributed by atoms with Gasteiger partial charge in [0.2, 0.25) is 5.91 Å². The first kappa shape index (κ1) is 18.2. The van der Waals surface area contributed by atoms with Gasteiger partial charge in [-0.1, -0.05) is 43.9 Å². The molecule has 0 atom stereocenters. The Kier molecular flexibility index (Phi) is 5.55. The summed E-state index contributed by atoms with van der Waals surface area (Å²) in [6, 6.07) is 8.70. The zero-order chi connectivity index (χ0) is 18.6. The van der Waals surface area contributed by atoms with Gasteiger partial charge < -0.3 is 10.3 Å². The summed E-state index contributed by atoms with van der Waals surface area (Å²) >= 11 is 1.48. The molecule has 1 amide bonds. The molecule has 0 aliphatic heterocycles. The van der Waals surface area contributed by atoms with E-state index in [1.165, 1.54) is 49.9 Å². The van der Waals surface area contributed by atoms with E-state index in [1.54, 1.807) is 0 Å². The van der Waals surface area contributed by atoms with E-state index in [1.807, 2.05) is 23.7 Å². The molecular formula is C21H26N4OS. The molecule has 1 aliphatic rings. The van der Waals surface area contributed by atoms with Crippen molar-refractivity contribution in [2.75, 3.05) is 18.9 Å². The highest BCUT2D eigenvalue weighted by molar-refractivity contribution is 7.14. The largest absolute Gasteiger partial charge is 0.360 e. The number of amides is 1. The van der Waals surface area contributed by atoms with Crippen LogP contribution in [0.2, 0.25) is 0 Å². The molecule has 1 aromatic carbocycles. The van der Waals surface area contributed by atoms with Gasteiger partial charge in [-0.2, -0.15) is 0 Å². The average Bonchev–Trinajstić information content (AvgIpc) is 3.19. The number of rotatable bonds is 5. The molecule has 0 bridgehead atoms. The number of carbonyl (C=O) groups excluding carboxylic acids is 1. The predicted octanol–water partition coefficient (Wildman–Crippen LogP) is 4.88. The first-order valence-electron chi connectivity index (χ1n) is 9.73. The van der Waals surface area contributed by atoms with Crippen LogP contribution in [-0.4, -0.2) is 40.4 Å². The monoisotopic (exact) mass is 382 g/mol. The molecule has 0 saturated heterocycles. The summed E-state index contributed by atoms with van der Waals surface area (Å²) < 4.78 is 0. The van der Waals surface area contributed by atoms with Crippen LogP contribution in [0.15, 0.2) is 35.8 Å². The minimum atomic E-state index is 0.0153. The minimum Gasteiger partial charge on any atom is -0.360 e. The second-order valence-corrected chi connectivity index (χ2v) is 8.25. The Morgan fingerprint density at radius 2 is 2.04 bits per heavy atom. The molecule has 27 heavy (non-hydrogen) atoms. The summed E-state index contributed by atoms with van der Waals surface area (Å²) in [6.45, 7) is 0.423. The van der Waals surface area contributed by atoms with Gasteiger partial charge in [0.25, 0.3) is 0 Å². The van der Waals surface area contributed by atoms with E-state index in [4.69, 9.17) is 0 Å². The van der Waals surface area contributed by atoms with E-state index >= 15 is 0 Å². The Hall–Kier alpha value is -2.18. The quantitative estimate of drug-likeness (QED) is 0.618. The number of fused-ring (bicyclic) bond motifs is 1. The summed E-state index contributed by atoms with van der Waals surface area (Å²) in [5.41, 5.74) is 3.05. The summed E-state index contributed by atoms with van der Waals surface area (Å²) in [7, 11) is 2.06. The molecule has 1 fully saturated rings. The van der Waals surface area contributed by atoms with E-state index in [0.29, 0.717) is 17.7 Å². The van der Waals surface area contributed by atoms with E-state index in [9.17, 15) is 4.79 Å². The number of nitrogens with one attached hydrogen (secondary N) is 2. The Balaban J connectivity index is 1.39. The number of likely N-dealkylation sites (N-methyl/N-ethyl adjacent to an activating group) is 1. The molecule has 5 nitrogen and oxygen atoms in total. The summed E-state index contributed by atoms with van der Waals surface area (Å²) in [6.07, 6.45) is 9.58. The van der Waals surface area contributed by atoms with Crippen LogP contribution in [0.3, 0.4) is 0 Å². The molecule has 2 N–H and O–H groups in total. The van der Waals surface area contributed by atoms with Crippen LogP contribution in [0.4, 0.5) is 5.13 Å².